The molecule has 0 aliphatic carbocycles. The molecule has 1 aromatic carbocycles. The lowest BCUT2D eigenvalue weighted by atomic mass is 10.2. The molecule has 6 heteroatoms. The summed E-state index contributed by atoms with van der Waals surface area (Å²) in [6, 6.07) is 10.7. The van der Waals surface area contributed by atoms with Crippen LogP contribution < -0.4 is 10.6 Å². The second-order valence-electron chi connectivity index (χ2n) is 4.73. The molecule has 22 heavy (non-hydrogen) atoms. The topological polar surface area (TPSA) is 71.1 Å². The van der Waals surface area contributed by atoms with Gasteiger partial charge in [-0.05, 0) is 37.3 Å². The van der Waals surface area contributed by atoms with Crippen LogP contribution in [0.3, 0.4) is 0 Å². The maximum absolute atomic E-state index is 13.0. The van der Waals surface area contributed by atoms with Gasteiger partial charge in [0, 0.05) is 24.2 Å². The summed E-state index contributed by atoms with van der Waals surface area (Å²) >= 11 is 0. The predicted molar refractivity (Wildman–Crippen MR) is 81.0 cm³/mol. The monoisotopic (exact) mass is 301 g/mol. The van der Waals surface area contributed by atoms with Gasteiger partial charge in [-0.2, -0.15) is 0 Å². The molecule has 1 heterocycles. The summed E-state index contributed by atoms with van der Waals surface area (Å²) in [6.45, 7) is 1.99. The molecule has 5 nitrogen and oxygen atoms in total. The lowest BCUT2D eigenvalue weighted by Gasteiger charge is -2.07. The maximum Gasteiger partial charge on any atom is 0.251 e. The fraction of sp³-hybridized carbons (Fsp3) is 0.188. The van der Waals surface area contributed by atoms with Crippen molar-refractivity contribution in [2.24, 2.45) is 0 Å². The third kappa shape index (κ3) is 4.66. The molecular formula is C16H16FN3O2. The summed E-state index contributed by atoms with van der Waals surface area (Å²) < 4.78 is 13.0. The van der Waals surface area contributed by atoms with Crippen molar-refractivity contribution in [3.05, 3.63) is 59.5 Å². The second kappa shape index (κ2) is 7.31. The first-order valence-electron chi connectivity index (χ1n) is 6.82. The van der Waals surface area contributed by atoms with Gasteiger partial charge in [0.2, 0.25) is 5.91 Å². The molecule has 2 rings (SSSR count). The minimum Gasteiger partial charge on any atom is -0.352 e. The van der Waals surface area contributed by atoms with Gasteiger partial charge < -0.3 is 10.6 Å². The van der Waals surface area contributed by atoms with E-state index in [2.05, 4.69) is 15.6 Å². The fourth-order valence-corrected chi connectivity index (χ4v) is 1.84. The van der Waals surface area contributed by atoms with Crippen LogP contribution in [-0.2, 0) is 4.79 Å². The number of nitrogens with zero attached hydrogens (tertiary/aromatic N) is 1. The van der Waals surface area contributed by atoms with Crippen LogP contribution in [0.15, 0.2) is 42.5 Å². The molecule has 2 aromatic rings. The first kappa shape index (κ1) is 15.6. The number of nitrogens with one attached hydrogen (secondary N) is 2. The third-order valence-corrected chi connectivity index (χ3v) is 2.88. The number of aromatic nitrogens is 1. The molecule has 0 saturated heterocycles. The number of carbonyl (C=O) groups is 2. The molecule has 0 saturated carbocycles. The summed E-state index contributed by atoms with van der Waals surface area (Å²) in [6.07, 6.45) is 0.108. The van der Waals surface area contributed by atoms with E-state index in [1.165, 1.54) is 18.2 Å². The molecule has 2 amide bonds. The van der Waals surface area contributed by atoms with E-state index in [-0.39, 0.29) is 24.4 Å². The van der Waals surface area contributed by atoms with Gasteiger partial charge in [-0.3, -0.25) is 9.59 Å². The molecule has 1 aromatic heterocycles. The molecule has 0 aliphatic rings. The first-order chi connectivity index (χ1) is 10.5. The van der Waals surface area contributed by atoms with Crippen molar-refractivity contribution >= 4 is 17.6 Å². The zero-order chi connectivity index (χ0) is 15.9. The third-order valence-electron chi connectivity index (χ3n) is 2.88. The molecule has 0 fully saturated rings. The first-order valence-corrected chi connectivity index (χ1v) is 6.82. The van der Waals surface area contributed by atoms with Gasteiger partial charge in [0.1, 0.15) is 11.6 Å². The molecule has 0 atom stereocenters. The van der Waals surface area contributed by atoms with Crippen molar-refractivity contribution < 1.29 is 14.0 Å². The normalized spacial score (nSPS) is 10.1. The highest BCUT2D eigenvalue weighted by atomic mass is 19.1. The van der Waals surface area contributed by atoms with Crippen LogP contribution in [0.2, 0.25) is 0 Å². The molecule has 0 unspecified atom stereocenters. The average molecular weight is 301 g/mol. The molecule has 0 aliphatic heterocycles. The minimum atomic E-state index is -0.476. The summed E-state index contributed by atoms with van der Waals surface area (Å²) in [5.74, 6) is -0.670. The summed E-state index contributed by atoms with van der Waals surface area (Å²) in [4.78, 5) is 27.6. The Labute approximate surface area is 127 Å². The number of anilines is 1. The molecule has 0 radical (unpaired) electrons. The second-order valence-corrected chi connectivity index (χ2v) is 4.73. The van der Waals surface area contributed by atoms with Crippen molar-refractivity contribution in [1.29, 1.82) is 0 Å². The van der Waals surface area contributed by atoms with Gasteiger partial charge in [-0.1, -0.05) is 12.1 Å². The number of carbonyl (C=O) groups excluding carboxylic acids is 2. The smallest absolute Gasteiger partial charge is 0.251 e. The van der Waals surface area contributed by atoms with Crippen molar-refractivity contribution in [1.82, 2.24) is 10.3 Å². The predicted octanol–water partition coefficient (Wildman–Crippen LogP) is 2.29. The van der Waals surface area contributed by atoms with Crippen LogP contribution >= 0.6 is 0 Å². The molecule has 0 spiro atoms. The summed E-state index contributed by atoms with van der Waals surface area (Å²) in [5.41, 5.74) is 1.03. The van der Waals surface area contributed by atoms with E-state index in [0.717, 1.165) is 11.8 Å². The van der Waals surface area contributed by atoms with E-state index in [4.69, 9.17) is 0 Å². The lowest BCUT2D eigenvalue weighted by Crippen LogP contribution is -2.27. The SMILES string of the molecule is Cc1cccc(NC(=O)CCNC(=O)c2cccc(F)c2)n1. The van der Waals surface area contributed by atoms with E-state index in [1.54, 1.807) is 12.1 Å². The number of benzene rings is 1. The minimum absolute atomic E-state index is 0.108. The number of aryl methyl sites for hydroxylation is 1. The van der Waals surface area contributed by atoms with Crippen LogP contribution in [0.4, 0.5) is 10.2 Å². The Morgan fingerprint density at radius 2 is 1.95 bits per heavy atom. The van der Waals surface area contributed by atoms with E-state index in [1.807, 2.05) is 13.0 Å². The Morgan fingerprint density at radius 1 is 1.18 bits per heavy atom. The highest BCUT2D eigenvalue weighted by Crippen LogP contribution is 2.05. The fourth-order valence-electron chi connectivity index (χ4n) is 1.84. The quantitative estimate of drug-likeness (QED) is 0.890. The molecule has 114 valence electrons. The van der Waals surface area contributed by atoms with Crippen LogP contribution in [0, 0.1) is 12.7 Å². The van der Waals surface area contributed by atoms with Crippen LogP contribution in [0.5, 0.6) is 0 Å². The largest absolute Gasteiger partial charge is 0.352 e. The highest BCUT2D eigenvalue weighted by molar-refractivity contribution is 5.95. The lowest BCUT2D eigenvalue weighted by molar-refractivity contribution is -0.116. The standard InChI is InChI=1S/C16H16FN3O2/c1-11-4-2-7-14(19-11)20-15(21)8-9-18-16(22)12-5-3-6-13(17)10-12/h2-7,10H,8-9H2,1H3,(H,18,22)(H,19,20,21). The van der Waals surface area contributed by atoms with Gasteiger partial charge in [-0.25, -0.2) is 9.37 Å². The number of halogens is 1. The van der Waals surface area contributed by atoms with Crippen molar-refractivity contribution in [3.8, 4) is 0 Å². The van der Waals surface area contributed by atoms with Crippen LogP contribution in [0.25, 0.3) is 0 Å². The van der Waals surface area contributed by atoms with Crippen molar-refractivity contribution in [2.45, 2.75) is 13.3 Å². The number of hydrogen-bond donors (Lipinski definition) is 2. The van der Waals surface area contributed by atoms with E-state index < -0.39 is 11.7 Å². The summed E-state index contributed by atoms with van der Waals surface area (Å²) in [7, 11) is 0. The van der Waals surface area contributed by atoms with Gasteiger partial charge in [0.05, 0.1) is 0 Å². The Balaban J connectivity index is 1.78. The number of pyridine rings is 1. The van der Waals surface area contributed by atoms with Crippen LogP contribution in [0.1, 0.15) is 22.5 Å². The van der Waals surface area contributed by atoms with Gasteiger partial charge in [0.25, 0.3) is 5.91 Å². The maximum atomic E-state index is 13.0. The number of rotatable bonds is 5. The Morgan fingerprint density at radius 3 is 2.68 bits per heavy atom. The average Bonchev–Trinajstić information content (AvgIpc) is 2.47. The molecule has 0 bridgehead atoms. The molecular weight excluding hydrogens is 285 g/mol. The number of amides is 2. The van der Waals surface area contributed by atoms with Gasteiger partial charge >= 0.3 is 0 Å². The van der Waals surface area contributed by atoms with E-state index >= 15 is 0 Å². The molecule has 2 N–H and O–H groups in total. The van der Waals surface area contributed by atoms with E-state index in [0.29, 0.717) is 5.82 Å². The van der Waals surface area contributed by atoms with Crippen molar-refractivity contribution in [2.75, 3.05) is 11.9 Å². The Hall–Kier alpha value is -2.76. The highest BCUT2D eigenvalue weighted by Gasteiger charge is 2.08. The number of hydrogen-bond acceptors (Lipinski definition) is 3. The van der Waals surface area contributed by atoms with Gasteiger partial charge in [-0.15, -0.1) is 0 Å². The Kier molecular flexibility index (Phi) is 5.19. The van der Waals surface area contributed by atoms with E-state index in [9.17, 15) is 14.0 Å². The summed E-state index contributed by atoms with van der Waals surface area (Å²) in [5, 5.41) is 5.21. The zero-order valence-electron chi connectivity index (χ0n) is 12.1. The zero-order valence-corrected chi connectivity index (χ0v) is 12.1. The Bertz CT molecular complexity index is 689. The van der Waals surface area contributed by atoms with Crippen LogP contribution in [-0.4, -0.2) is 23.3 Å². The van der Waals surface area contributed by atoms with Crippen molar-refractivity contribution in [3.63, 3.8) is 0 Å². The van der Waals surface area contributed by atoms with Gasteiger partial charge in [0.15, 0.2) is 0 Å².